The maximum Gasteiger partial charge on any atom is 0.252 e. The zero-order valence-electron chi connectivity index (χ0n) is 8.16. The molecule has 0 fully saturated rings. The number of nitriles is 1. The molecule has 0 aliphatic rings. The summed E-state index contributed by atoms with van der Waals surface area (Å²) in [5.41, 5.74) is 5.46. The summed E-state index contributed by atoms with van der Waals surface area (Å²) in [6.07, 6.45) is 4.52. The van der Waals surface area contributed by atoms with E-state index < -0.39 is 5.91 Å². The lowest BCUT2D eigenvalue weighted by Gasteiger charge is -2.06. The second-order valence-corrected chi connectivity index (χ2v) is 2.97. The molecule has 2 aromatic rings. The Balaban J connectivity index is 2.66. The molecule has 6 nitrogen and oxygen atoms in total. The quantitative estimate of drug-likeness (QED) is 0.772. The third-order valence-corrected chi connectivity index (χ3v) is 2.02. The molecule has 1 amide bonds. The van der Waals surface area contributed by atoms with Gasteiger partial charge in [-0.15, -0.1) is 0 Å². The topological polar surface area (TPSA) is 97.6 Å². The molecule has 0 aliphatic carbocycles. The molecule has 0 spiro atoms. The molecular weight excluding hydrogens is 206 g/mol. The average molecular weight is 213 g/mol. The van der Waals surface area contributed by atoms with E-state index >= 15 is 0 Å². The Bertz CT molecular complexity index is 581. The van der Waals surface area contributed by atoms with Crippen LogP contribution in [0.25, 0.3) is 5.82 Å². The second-order valence-electron chi connectivity index (χ2n) is 2.97. The second kappa shape index (κ2) is 3.82. The number of amides is 1. The van der Waals surface area contributed by atoms with Gasteiger partial charge in [0.25, 0.3) is 5.91 Å². The summed E-state index contributed by atoms with van der Waals surface area (Å²) in [5, 5.41) is 8.82. The van der Waals surface area contributed by atoms with Gasteiger partial charge < -0.3 is 5.73 Å². The van der Waals surface area contributed by atoms with Crippen LogP contribution in [0.3, 0.4) is 0 Å². The Morgan fingerprint density at radius 1 is 1.44 bits per heavy atom. The Morgan fingerprint density at radius 2 is 2.25 bits per heavy atom. The minimum Gasteiger partial charge on any atom is -0.365 e. The number of pyridine rings is 1. The van der Waals surface area contributed by atoms with Crippen molar-refractivity contribution in [1.82, 2.24) is 14.5 Å². The van der Waals surface area contributed by atoms with E-state index in [0.29, 0.717) is 5.82 Å². The lowest BCUT2D eigenvalue weighted by atomic mass is 10.2. The number of hydrogen-bond donors (Lipinski definition) is 1. The van der Waals surface area contributed by atoms with Crippen molar-refractivity contribution in [2.45, 2.75) is 0 Å². The summed E-state index contributed by atoms with van der Waals surface area (Å²) in [7, 11) is 0. The van der Waals surface area contributed by atoms with Crippen LogP contribution >= 0.6 is 0 Å². The summed E-state index contributed by atoms with van der Waals surface area (Å²) in [5.74, 6) is -0.133. The highest BCUT2D eigenvalue weighted by Gasteiger charge is 2.13. The van der Waals surface area contributed by atoms with E-state index in [4.69, 9.17) is 11.0 Å². The summed E-state index contributed by atoms with van der Waals surface area (Å²) in [6.45, 7) is 0. The van der Waals surface area contributed by atoms with Gasteiger partial charge in [-0.05, 0) is 12.1 Å². The van der Waals surface area contributed by atoms with Crippen molar-refractivity contribution in [3.63, 3.8) is 0 Å². The van der Waals surface area contributed by atoms with Crippen LogP contribution < -0.4 is 5.73 Å². The van der Waals surface area contributed by atoms with Gasteiger partial charge in [0, 0.05) is 18.6 Å². The van der Waals surface area contributed by atoms with Crippen LogP contribution in [0.5, 0.6) is 0 Å². The zero-order valence-corrected chi connectivity index (χ0v) is 8.16. The number of aromatic nitrogens is 3. The van der Waals surface area contributed by atoms with Crippen LogP contribution in [-0.4, -0.2) is 20.4 Å². The molecule has 2 N–H and O–H groups in total. The number of carbonyl (C=O) groups excluding carboxylic acids is 1. The van der Waals surface area contributed by atoms with Gasteiger partial charge in [-0.2, -0.15) is 5.26 Å². The number of nitrogens with zero attached hydrogens (tertiary/aromatic N) is 4. The van der Waals surface area contributed by atoms with Gasteiger partial charge in [0.2, 0.25) is 5.82 Å². The molecule has 0 radical (unpaired) electrons. The highest BCUT2D eigenvalue weighted by atomic mass is 16.1. The van der Waals surface area contributed by atoms with Gasteiger partial charge >= 0.3 is 0 Å². The smallest absolute Gasteiger partial charge is 0.252 e. The fourth-order valence-electron chi connectivity index (χ4n) is 1.34. The minimum atomic E-state index is -0.597. The molecule has 78 valence electrons. The van der Waals surface area contributed by atoms with Crippen molar-refractivity contribution in [1.29, 1.82) is 5.26 Å². The molecule has 2 rings (SSSR count). The van der Waals surface area contributed by atoms with Gasteiger partial charge in [-0.3, -0.25) is 9.36 Å². The lowest BCUT2D eigenvalue weighted by Crippen LogP contribution is -2.16. The minimum absolute atomic E-state index is 0.154. The van der Waals surface area contributed by atoms with Crippen LogP contribution in [0.15, 0.2) is 30.7 Å². The predicted molar refractivity (Wildman–Crippen MR) is 54.6 cm³/mol. The molecule has 0 unspecified atom stereocenters. The Labute approximate surface area is 91.0 Å². The summed E-state index contributed by atoms with van der Waals surface area (Å²) < 4.78 is 1.42. The van der Waals surface area contributed by atoms with E-state index in [0.717, 1.165) is 0 Å². The van der Waals surface area contributed by atoms with Gasteiger partial charge in [-0.1, -0.05) is 0 Å². The first-order chi connectivity index (χ1) is 7.74. The third-order valence-electron chi connectivity index (χ3n) is 2.02. The number of primary amides is 1. The van der Waals surface area contributed by atoms with E-state index in [1.165, 1.54) is 17.0 Å². The largest absolute Gasteiger partial charge is 0.365 e. The number of hydrogen-bond acceptors (Lipinski definition) is 4. The first-order valence-electron chi connectivity index (χ1n) is 4.42. The number of imidazole rings is 1. The molecule has 0 saturated carbocycles. The molecule has 6 heteroatoms. The molecule has 16 heavy (non-hydrogen) atoms. The number of nitrogens with two attached hydrogens (primary N) is 1. The number of carbonyl (C=O) groups is 1. The van der Waals surface area contributed by atoms with Crippen LogP contribution in [0.1, 0.15) is 16.2 Å². The maximum atomic E-state index is 11.2. The van der Waals surface area contributed by atoms with E-state index in [-0.39, 0.29) is 11.4 Å². The highest BCUT2D eigenvalue weighted by Crippen LogP contribution is 2.12. The molecule has 2 heterocycles. The molecule has 0 saturated heterocycles. The lowest BCUT2D eigenvalue weighted by molar-refractivity contribution is 0.1000. The normalized spacial score (nSPS) is 9.69. The molecular formula is C10H7N5O. The summed E-state index contributed by atoms with van der Waals surface area (Å²) in [6, 6.07) is 5.05. The Morgan fingerprint density at radius 3 is 2.94 bits per heavy atom. The van der Waals surface area contributed by atoms with Crippen molar-refractivity contribution in [3.8, 4) is 11.9 Å². The molecule has 0 aliphatic heterocycles. The molecule has 0 atom stereocenters. The van der Waals surface area contributed by atoms with Crippen molar-refractivity contribution in [2.75, 3.05) is 0 Å². The predicted octanol–water partition coefficient (Wildman–Crippen LogP) is 0.238. The van der Waals surface area contributed by atoms with Gasteiger partial charge in [0.05, 0.1) is 5.56 Å². The van der Waals surface area contributed by atoms with Crippen LogP contribution in [-0.2, 0) is 0 Å². The average Bonchev–Trinajstić information content (AvgIpc) is 2.76. The van der Waals surface area contributed by atoms with E-state index in [2.05, 4.69) is 9.97 Å². The van der Waals surface area contributed by atoms with Crippen molar-refractivity contribution in [3.05, 3.63) is 42.1 Å². The fourth-order valence-corrected chi connectivity index (χ4v) is 1.34. The standard InChI is InChI=1S/C10H7N5O/c11-6-8-13-4-5-15(8)10-7(9(12)16)2-1-3-14-10/h1-5H,(H2,12,16). The fraction of sp³-hybridized carbons (Fsp3) is 0. The third kappa shape index (κ3) is 1.50. The molecule has 0 aromatic carbocycles. The Hall–Kier alpha value is -2.68. The first-order valence-corrected chi connectivity index (χ1v) is 4.42. The maximum absolute atomic E-state index is 11.2. The first kappa shape index (κ1) is 9.86. The van der Waals surface area contributed by atoms with Crippen LogP contribution in [0.4, 0.5) is 0 Å². The van der Waals surface area contributed by atoms with Gasteiger partial charge in [0.15, 0.2) is 5.82 Å². The van der Waals surface area contributed by atoms with Crippen LogP contribution in [0, 0.1) is 11.3 Å². The Kier molecular flexibility index (Phi) is 2.36. The van der Waals surface area contributed by atoms with Crippen molar-refractivity contribution < 1.29 is 4.79 Å². The van der Waals surface area contributed by atoms with E-state index in [1.54, 1.807) is 18.3 Å². The van der Waals surface area contributed by atoms with Gasteiger partial charge in [0.1, 0.15) is 6.07 Å². The van der Waals surface area contributed by atoms with Crippen LogP contribution in [0.2, 0.25) is 0 Å². The monoisotopic (exact) mass is 213 g/mol. The van der Waals surface area contributed by atoms with Gasteiger partial charge in [-0.25, -0.2) is 9.97 Å². The summed E-state index contributed by atoms with van der Waals surface area (Å²) in [4.78, 5) is 19.0. The molecule has 0 bridgehead atoms. The van der Waals surface area contributed by atoms with E-state index in [1.807, 2.05) is 6.07 Å². The zero-order chi connectivity index (χ0) is 11.5. The summed E-state index contributed by atoms with van der Waals surface area (Å²) >= 11 is 0. The highest BCUT2D eigenvalue weighted by molar-refractivity contribution is 5.95. The van der Waals surface area contributed by atoms with Crippen molar-refractivity contribution >= 4 is 5.91 Å². The van der Waals surface area contributed by atoms with Crippen molar-refractivity contribution in [2.24, 2.45) is 5.73 Å². The SMILES string of the molecule is N#Cc1nccn1-c1ncccc1C(N)=O. The number of rotatable bonds is 2. The molecule has 2 aromatic heterocycles. The van der Waals surface area contributed by atoms with E-state index in [9.17, 15) is 4.79 Å².